The minimum Gasteiger partial charge on any atom is -0.0622 e. The SMILES string of the molecule is CC1(C)c2ccccc2-c2cc(-c3c4ccccc4c(-c4cccc(-c5ccc(-c6ccccc6)cc5)c4)c4ccc(-c5ccc6c(c5)C(C)(C)c5ccccc5-6)cc34)ccc21. The van der Waals surface area contributed by atoms with Gasteiger partial charge in [0.05, 0.1) is 0 Å². The molecule has 0 radical (unpaired) electrons. The van der Waals surface area contributed by atoms with Crippen molar-refractivity contribution in [1.29, 1.82) is 0 Å². The molecule has 2 aliphatic rings. The summed E-state index contributed by atoms with van der Waals surface area (Å²) in [7, 11) is 0. The first-order valence-electron chi connectivity index (χ1n) is 22.0. The monoisotopic (exact) mass is 790 g/mol. The van der Waals surface area contributed by atoms with Gasteiger partial charge in [-0.25, -0.2) is 0 Å². The first kappa shape index (κ1) is 36.6. The zero-order valence-electron chi connectivity index (χ0n) is 35.6. The van der Waals surface area contributed by atoms with Crippen molar-refractivity contribution in [3.63, 3.8) is 0 Å². The van der Waals surface area contributed by atoms with Gasteiger partial charge in [0, 0.05) is 10.8 Å². The topological polar surface area (TPSA) is 0 Å². The summed E-state index contributed by atoms with van der Waals surface area (Å²) in [5, 5.41) is 5.05. The van der Waals surface area contributed by atoms with Gasteiger partial charge in [0.1, 0.15) is 0 Å². The normalized spacial score (nSPS) is 14.1. The van der Waals surface area contributed by atoms with Crippen molar-refractivity contribution in [2.75, 3.05) is 0 Å². The van der Waals surface area contributed by atoms with E-state index in [0.29, 0.717) is 0 Å². The lowest BCUT2D eigenvalue weighted by molar-refractivity contribution is 0.660. The fraction of sp³-hybridized carbons (Fsp3) is 0.0968. The second-order valence-electron chi connectivity index (χ2n) is 18.4. The predicted molar refractivity (Wildman–Crippen MR) is 264 cm³/mol. The third-order valence-electron chi connectivity index (χ3n) is 14.3. The Balaban J connectivity index is 1.08. The van der Waals surface area contributed by atoms with Crippen molar-refractivity contribution in [2.24, 2.45) is 0 Å². The fourth-order valence-electron chi connectivity index (χ4n) is 11.1. The number of hydrogen-bond donors (Lipinski definition) is 0. The van der Waals surface area contributed by atoms with Crippen LogP contribution < -0.4 is 0 Å². The van der Waals surface area contributed by atoms with Gasteiger partial charge < -0.3 is 0 Å². The molecule has 0 heteroatoms. The first-order chi connectivity index (χ1) is 30.3. The van der Waals surface area contributed by atoms with Crippen LogP contribution in [0.25, 0.3) is 99.4 Å². The molecular weight excluding hydrogens is 745 g/mol. The Kier molecular flexibility index (Phi) is 8.03. The Morgan fingerprint density at radius 2 is 0.645 bits per heavy atom. The van der Waals surface area contributed by atoms with E-state index in [-0.39, 0.29) is 10.8 Å². The van der Waals surface area contributed by atoms with E-state index in [0.717, 1.165) is 0 Å². The van der Waals surface area contributed by atoms with Crippen molar-refractivity contribution in [2.45, 2.75) is 38.5 Å². The maximum atomic E-state index is 2.48. The quantitative estimate of drug-likeness (QED) is 0.152. The number of benzene rings is 10. The molecule has 0 amide bonds. The van der Waals surface area contributed by atoms with Crippen molar-refractivity contribution >= 4 is 21.5 Å². The lowest BCUT2D eigenvalue weighted by Gasteiger charge is -2.23. The number of fused-ring (bicyclic) bond motifs is 8. The second-order valence-corrected chi connectivity index (χ2v) is 18.4. The van der Waals surface area contributed by atoms with Crippen LogP contribution in [0.15, 0.2) is 206 Å². The lowest BCUT2D eigenvalue weighted by Crippen LogP contribution is -2.14. The Hall–Kier alpha value is -7.28. The molecule has 0 N–H and O–H groups in total. The van der Waals surface area contributed by atoms with Gasteiger partial charge >= 0.3 is 0 Å². The third-order valence-corrected chi connectivity index (χ3v) is 14.3. The second kappa shape index (κ2) is 13.6. The number of hydrogen-bond acceptors (Lipinski definition) is 0. The van der Waals surface area contributed by atoms with Gasteiger partial charge in [0.15, 0.2) is 0 Å². The Labute approximate surface area is 364 Å². The van der Waals surface area contributed by atoms with E-state index < -0.39 is 0 Å². The summed E-state index contributed by atoms with van der Waals surface area (Å²) in [4.78, 5) is 0. The molecule has 0 unspecified atom stereocenters. The third kappa shape index (κ3) is 5.46. The molecule has 0 aliphatic heterocycles. The highest BCUT2D eigenvalue weighted by Crippen LogP contribution is 2.53. The fourth-order valence-corrected chi connectivity index (χ4v) is 11.1. The largest absolute Gasteiger partial charge is 0.0622 e. The highest BCUT2D eigenvalue weighted by molar-refractivity contribution is 6.22. The van der Waals surface area contributed by atoms with Crippen LogP contribution >= 0.6 is 0 Å². The summed E-state index contributed by atoms with van der Waals surface area (Å²) in [6.07, 6.45) is 0. The molecule has 0 spiro atoms. The van der Waals surface area contributed by atoms with Crippen LogP contribution in [-0.4, -0.2) is 0 Å². The van der Waals surface area contributed by atoms with E-state index in [1.165, 1.54) is 122 Å². The summed E-state index contributed by atoms with van der Waals surface area (Å²) in [6.45, 7) is 9.48. The zero-order chi connectivity index (χ0) is 41.7. The van der Waals surface area contributed by atoms with Crippen LogP contribution in [0.2, 0.25) is 0 Å². The van der Waals surface area contributed by atoms with Gasteiger partial charge in [0.25, 0.3) is 0 Å². The van der Waals surface area contributed by atoms with E-state index in [4.69, 9.17) is 0 Å². The Morgan fingerprint density at radius 3 is 1.37 bits per heavy atom. The van der Waals surface area contributed by atoms with Crippen molar-refractivity contribution in [3.8, 4) is 77.9 Å². The lowest BCUT2D eigenvalue weighted by atomic mass is 9.80. The van der Waals surface area contributed by atoms with E-state index in [1.54, 1.807) is 0 Å². The highest BCUT2D eigenvalue weighted by Gasteiger charge is 2.36. The minimum absolute atomic E-state index is 0.0560. The molecule has 0 saturated carbocycles. The molecule has 62 heavy (non-hydrogen) atoms. The molecule has 0 aromatic heterocycles. The summed E-state index contributed by atoms with van der Waals surface area (Å²) in [5.41, 5.74) is 23.2. The van der Waals surface area contributed by atoms with Gasteiger partial charge in [-0.15, -0.1) is 0 Å². The van der Waals surface area contributed by atoms with Crippen LogP contribution in [-0.2, 0) is 10.8 Å². The predicted octanol–water partition coefficient (Wildman–Crippen LogP) is 16.9. The molecular formula is C62H46. The van der Waals surface area contributed by atoms with Gasteiger partial charge in [0.2, 0.25) is 0 Å². The van der Waals surface area contributed by atoms with Crippen LogP contribution in [0, 0.1) is 0 Å². The van der Waals surface area contributed by atoms with Gasteiger partial charge in [-0.1, -0.05) is 210 Å². The molecule has 0 nitrogen and oxygen atoms in total. The molecule has 2 aliphatic carbocycles. The molecule has 0 fully saturated rings. The van der Waals surface area contributed by atoms with Crippen molar-refractivity contribution in [3.05, 3.63) is 229 Å². The molecule has 10 aromatic rings. The average Bonchev–Trinajstić information content (AvgIpc) is 3.69. The summed E-state index contributed by atoms with van der Waals surface area (Å²) in [6, 6.07) is 77.4. The van der Waals surface area contributed by atoms with Gasteiger partial charge in [-0.2, -0.15) is 0 Å². The summed E-state index contributed by atoms with van der Waals surface area (Å²) in [5.74, 6) is 0. The Morgan fingerprint density at radius 1 is 0.226 bits per heavy atom. The number of rotatable bonds is 5. The molecule has 0 saturated heterocycles. The molecule has 12 rings (SSSR count). The van der Waals surface area contributed by atoms with Gasteiger partial charge in [-0.05, 0) is 146 Å². The van der Waals surface area contributed by atoms with E-state index >= 15 is 0 Å². The molecule has 0 atom stereocenters. The summed E-state index contributed by atoms with van der Waals surface area (Å²) < 4.78 is 0. The Bertz CT molecular complexity index is 3430. The van der Waals surface area contributed by atoms with Crippen LogP contribution in [0.1, 0.15) is 49.9 Å². The van der Waals surface area contributed by atoms with Crippen LogP contribution in [0.5, 0.6) is 0 Å². The molecule has 0 heterocycles. The van der Waals surface area contributed by atoms with Gasteiger partial charge in [-0.3, -0.25) is 0 Å². The van der Waals surface area contributed by atoms with E-state index in [1.807, 2.05) is 0 Å². The standard InChI is InChI=1S/C62H46/c1-61(2)56-24-13-11-20-48(56)53-37-46(31-34-57(53)61)60-51-22-9-8-21-50(51)59(45-18-14-17-42(35-45)41-27-25-40(26-28-41)39-15-6-5-7-16-39)52-33-30-43(36-54(52)60)44-29-32-49-47-19-10-12-23-55(47)62(3,4)58(49)38-44/h5-38H,1-4H3. The smallest absolute Gasteiger partial charge is 0.0159 e. The molecule has 0 bridgehead atoms. The van der Waals surface area contributed by atoms with E-state index in [2.05, 4.69) is 234 Å². The van der Waals surface area contributed by atoms with Crippen LogP contribution in [0.3, 0.4) is 0 Å². The highest BCUT2D eigenvalue weighted by atomic mass is 14.4. The van der Waals surface area contributed by atoms with Crippen LogP contribution in [0.4, 0.5) is 0 Å². The first-order valence-corrected chi connectivity index (χ1v) is 22.0. The summed E-state index contributed by atoms with van der Waals surface area (Å²) >= 11 is 0. The van der Waals surface area contributed by atoms with E-state index in [9.17, 15) is 0 Å². The van der Waals surface area contributed by atoms with Crippen molar-refractivity contribution in [1.82, 2.24) is 0 Å². The molecule has 10 aromatic carbocycles. The minimum atomic E-state index is -0.0747. The van der Waals surface area contributed by atoms with Crippen molar-refractivity contribution < 1.29 is 0 Å². The maximum absolute atomic E-state index is 2.48. The average molecular weight is 791 g/mol. The maximum Gasteiger partial charge on any atom is 0.0159 e. The zero-order valence-corrected chi connectivity index (χ0v) is 35.6. The molecule has 294 valence electrons.